The van der Waals surface area contributed by atoms with Crippen molar-refractivity contribution >= 4 is 40.1 Å². The standard InChI is InChI=1S/C27H31FN8/c1-34-13-15-35(16-14-34)22-11-9-20(10-12-22)30-26-29-18-24-25(33-26)36(23-7-2-3-8-23)27(32-24)31-21-6-4-5-19(28)17-21/h4-6,9-12,17-18,23H,2-3,7-8,13-16H2,1H3,(H,31,32)(H,29,30,33). The largest absolute Gasteiger partial charge is 0.369 e. The van der Waals surface area contributed by atoms with E-state index in [0.29, 0.717) is 23.6 Å². The number of rotatable bonds is 6. The monoisotopic (exact) mass is 486 g/mol. The van der Waals surface area contributed by atoms with E-state index in [-0.39, 0.29) is 5.82 Å². The molecule has 0 atom stereocenters. The first kappa shape index (κ1) is 22.7. The molecule has 8 nitrogen and oxygen atoms in total. The van der Waals surface area contributed by atoms with Crippen LogP contribution in [-0.4, -0.2) is 57.6 Å². The molecule has 186 valence electrons. The minimum atomic E-state index is -0.284. The molecule has 6 rings (SSSR count). The number of hydrogen-bond acceptors (Lipinski definition) is 7. The Kier molecular flexibility index (Phi) is 6.14. The zero-order chi connectivity index (χ0) is 24.5. The van der Waals surface area contributed by atoms with Crippen LogP contribution >= 0.6 is 0 Å². The van der Waals surface area contributed by atoms with Gasteiger partial charge in [-0.2, -0.15) is 4.98 Å². The molecule has 36 heavy (non-hydrogen) atoms. The van der Waals surface area contributed by atoms with E-state index in [1.807, 2.05) is 6.07 Å². The molecule has 4 aromatic rings. The molecule has 3 heterocycles. The van der Waals surface area contributed by atoms with Gasteiger partial charge < -0.3 is 20.4 Å². The van der Waals surface area contributed by atoms with E-state index in [1.165, 1.54) is 30.7 Å². The lowest BCUT2D eigenvalue weighted by Gasteiger charge is -2.34. The molecule has 1 saturated carbocycles. The molecule has 0 spiro atoms. The second-order valence-electron chi connectivity index (χ2n) is 9.74. The van der Waals surface area contributed by atoms with E-state index in [0.717, 1.165) is 55.9 Å². The van der Waals surface area contributed by atoms with Crippen LogP contribution in [0.3, 0.4) is 0 Å². The lowest BCUT2D eigenvalue weighted by atomic mass is 10.2. The number of halogens is 1. The van der Waals surface area contributed by atoms with Crippen LogP contribution in [0.2, 0.25) is 0 Å². The van der Waals surface area contributed by atoms with Crippen LogP contribution in [0.4, 0.5) is 33.3 Å². The molecule has 1 aliphatic heterocycles. The predicted octanol–water partition coefficient (Wildman–Crippen LogP) is 5.32. The Morgan fingerprint density at radius 1 is 0.889 bits per heavy atom. The smallest absolute Gasteiger partial charge is 0.229 e. The quantitative estimate of drug-likeness (QED) is 0.382. The van der Waals surface area contributed by atoms with Crippen molar-refractivity contribution in [3.05, 3.63) is 60.5 Å². The number of likely N-dealkylation sites (N-methyl/N-ethyl adjacent to an activating group) is 1. The number of imidazole rings is 1. The molecular formula is C27H31FN8. The van der Waals surface area contributed by atoms with Gasteiger partial charge in [-0.3, -0.25) is 4.57 Å². The highest BCUT2D eigenvalue weighted by Crippen LogP contribution is 2.36. The highest BCUT2D eigenvalue weighted by atomic mass is 19.1. The van der Waals surface area contributed by atoms with Crippen molar-refractivity contribution in [2.24, 2.45) is 0 Å². The summed E-state index contributed by atoms with van der Waals surface area (Å²) in [5.74, 6) is 0.922. The molecule has 1 saturated heterocycles. The fourth-order valence-corrected chi connectivity index (χ4v) is 5.19. The van der Waals surface area contributed by atoms with Gasteiger partial charge in [0.2, 0.25) is 11.9 Å². The Hall–Kier alpha value is -3.72. The Morgan fingerprint density at radius 3 is 2.42 bits per heavy atom. The first-order valence-electron chi connectivity index (χ1n) is 12.7. The molecular weight excluding hydrogens is 455 g/mol. The van der Waals surface area contributed by atoms with Crippen molar-refractivity contribution in [2.45, 2.75) is 31.7 Å². The number of aromatic nitrogens is 4. The number of piperazine rings is 1. The summed E-state index contributed by atoms with van der Waals surface area (Å²) in [5.41, 5.74) is 4.34. The van der Waals surface area contributed by atoms with Crippen LogP contribution < -0.4 is 15.5 Å². The molecule has 0 bridgehead atoms. The average Bonchev–Trinajstić information content (AvgIpc) is 3.52. The topological polar surface area (TPSA) is 74.1 Å². The van der Waals surface area contributed by atoms with E-state index in [1.54, 1.807) is 12.3 Å². The van der Waals surface area contributed by atoms with Crippen molar-refractivity contribution in [1.82, 2.24) is 24.4 Å². The maximum atomic E-state index is 13.8. The van der Waals surface area contributed by atoms with Gasteiger partial charge in [-0.1, -0.05) is 18.9 Å². The summed E-state index contributed by atoms with van der Waals surface area (Å²) in [6.45, 7) is 4.25. The van der Waals surface area contributed by atoms with Gasteiger partial charge in [-0.05, 0) is 62.4 Å². The number of benzene rings is 2. The molecule has 2 aliphatic rings. The molecule has 0 radical (unpaired) electrons. The first-order valence-corrected chi connectivity index (χ1v) is 12.7. The van der Waals surface area contributed by atoms with Gasteiger partial charge in [0.25, 0.3) is 0 Å². The van der Waals surface area contributed by atoms with Gasteiger partial charge in [0.15, 0.2) is 5.65 Å². The fourth-order valence-electron chi connectivity index (χ4n) is 5.19. The predicted molar refractivity (Wildman–Crippen MR) is 142 cm³/mol. The summed E-state index contributed by atoms with van der Waals surface area (Å²) in [6, 6.07) is 15.2. The van der Waals surface area contributed by atoms with Crippen LogP contribution in [0.5, 0.6) is 0 Å². The fraction of sp³-hybridized carbons (Fsp3) is 0.370. The van der Waals surface area contributed by atoms with Gasteiger partial charge >= 0.3 is 0 Å². The van der Waals surface area contributed by atoms with Crippen molar-refractivity contribution < 1.29 is 4.39 Å². The number of nitrogens with zero attached hydrogens (tertiary/aromatic N) is 6. The van der Waals surface area contributed by atoms with Crippen LogP contribution in [0.15, 0.2) is 54.7 Å². The highest BCUT2D eigenvalue weighted by molar-refractivity contribution is 5.77. The first-order chi connectivity index (χ1) is 17.6. The maximum absolute atomic E-state index is 13.8. The summed E-state index contributed by atoms with van der Waals surface area (Å²) in [6.07, 6.45) is 6.26. The third-order valence-corrected chi connectivity index (χ3v) is 7.20. The molecule has 2 aromatic heterocycles. The number of anilines is 5. The summed E-state index contributed by atoms with van der Waals surface area (Å²) >= 11 is 0. The summed E-state index contributed by atoms with van der Waals surface area (Å²) in [7, 11) is 2.17. The van der Waals surface area contributed by atoms with E-state index in [9.17, 15) is 4.39 Å². The Morgan fingerprint density at radius 2 is 1.67 bits per heavy atom. The second kappa shape index (κ2) is 9.73. The normalized spacial score (nSPS) is 17.1. The van der Waals surface area contributed by atoms with Gasteiger partial charge in [0.05, 0.1) is 6.20 Å². The molecule has 9 heteroatoms. The summed E-state index contributed by atoms with van der Waals surface area (Å²) < 4.78 is 15.9. The number of fused-ring (bicyclic) bond motifs is 1. The SMILES string of the molecule is CN1CCN(c2ccc(Nc3ncc4nc(Nc5cccc(F)c5)n(C5CCCC5)c4n3)cc2)CC1. The molecule has 0 unspecified atom stereocenters. The summed E-state index contributed by atoms with van der Waals surface area (Å²) in [5, 5.41) is 6.66. The highest BCUT2D eigenvalue weighted by Gasteiger charge is 2.24. The minimum absolute atomic E-state index is 0.284. The van der Waals surface area contributed by atoms with E-state index >= 15 is 0 Å². The third-order valence-electron chi connectivity index (χ3n) is 7.20. The summed E-state index contributed by atoms with van der Waals surface area (Å²) in [4.78, 5) is 18.9. The minimum Gasteiger partial charge on any atom is -0.369 e. The van der Waals surface area contributed by atoms with Crippen LogP contribution in [0.25, 0.3) is 11.2 Å². The van der Waals surface area contributed by atoms with Crippen molar-refractivity contribution in [1.29, 1.82) is 0 Å². The van der Waals surface area contributed by atoms with Gasteiger partial charge in [0, 0.05) is 49.3 Å². The molecule has 2 N–H and O–H groups in total. The second-order valence-corrected chi connectivity index (χ2v) is 9.74. The Labute approximate surface area is 210 Å². The molecule has 2 aromatic carbocycles. The number of nitrogens with one attached hydrogen (secondary N) is 2. The van der Waals surface area contributed by atoms with Crippen LogP contribution in [-0.2, 0) is 0 Å². The molecule has 1 aliphatic carbocycles. The Bertz CT molecular complexity index is 1340. The van der Waals surface area contributed by atoms with Gasteiger partial charge in [0.1, 0.15) is 11.3 Å². The van der Waals surface area contributed by atoms with Gasteiger partial charge in [-0.25, -0.2) is 14.4 Å². The van der Waals surface area contributed by atoms with Crippen molar-refractivity contribution in [3.8, 4) is 0 Å². The average molecular weight is 487 g/mol. The molecule has 0 amide bonds. The number of hydrogen-bond donors (Lipinski definition) is 2. The van der Waals surface area contributed by atoms with Crippen molar-refractivity contribution in [3.63, 3.8) is 0 Å². The maximum Gasteiger partial charge on any atom is 0.229 e. The lowest BCUT2D eigenvalue weighted by Crippen LogP contribution is -2.44. The van der Waals surface area contributed by atoms with Crippen molar-refractivity contribution in [2.75, 3.05) is 48.8 Å². The van der Waals surface area contributed by atoms with Crippen LogP contribution in [0.1, 0.15) is 31.7 Å². The molecule has 2 fully saturated rings. The van der Waals surface area contributed by atoms with E-state index < -0.39 is 0 Å². The van der Waals surface area contributed by atoms with E-state index in [2.05, 4.69) is 61.3 Å². The third kappa shape index (κ3) is 4.70. The van der Waals surface area contributed by atoms with E-state index in [4.69, 9.17) is 9.97 Å². The van der Waals surface area contributed by atoms with Gasteiger partial charge in [-0.15, -0.1) is 0 Å². The zero-order valence-electron chi connectivity index (χ0n) is 20.5. The zero-order valence-corrected chi connectivity index (χ0v) is 20.5. The Balaban J connectivity index is 1.27. The lowest BCUT2D eigenvalue weighted by molar-refractivity contribution is 0.313. The van der Waals surface area contributed by atoms with Crippen LogP contribution in [0, 0.1) is 5.82 Å².